The van der Waals surface area contributed by atoms with Gasteiger partial charge in [0.15, 0.2) is 11.5 Å². The van der Waals surface area contributed by atoms with Crippen LogP contribution in [0.4, 0.5) is 17.2 Å². The molecule has 4 heterocycles. The van der Waals surface area contributed by atoms with Crippen LogP contribution in [-0.4, -0.2) is 68.3 Å². The number of ether oxygens (including phenoxy) is 1. The zero-order valence-corrected chi connectivity index (χ0v) is 26.9. The van der Waals surface area contributed by atoms with E-state index in [-0.39, 0.29) is 23.6 Å². The van der Waals surface area contributed by atoms with Gasteiger partial charge in [-0.1, -0.05) is 24.3 Å². The highest BCUT2D eigenvalue weighted by atomic mass is 16.5. The van der Waals surface area contributed by atoms with E-state index < -0.39 is 5.54 Å². The predicted molar refractivity (Wildman–Crippen MR) is 179 cm³/mol. The van der Waals surface area contributed by atoms with Crippen LogP contribution in [0.25, 0.3) is 16.8 Å². The van der Waals surface area contributed by atoms with E-state index in [1.807, 2.05) is 47.4 Å². The number of hydrogen-bond donors (Lipinski definition) is 2. The Morgan fingerprint density at radius 2 is 1.83 bits per heavy atom. The van der Waals surface area contributed by atoms with Gasteiger partial charge in [-0.3, -0.25) is 14.4 Å². The zero-order valence-electron chi connectivity index (χ0n) is 26.9. The van der Waals surface area contributed by atoms with Crippen LogP contribution in [0.15, 0.2) is 73.1 Å². The molecule has 0 bridgehead atoms. The van der Waals surface area contributed by atoms with Crippen molar-refractivity contribution in [1.29, 1.82) is 0 Å². The van der Waals surface area contributed by atoms with E-state index in [1.54, 1.807) is 50.2 Å². The van der Waals surface area contributed by atoms with Crippen molar-refractivity contribution in [2.75, 3.05) is 31.8 Å². The molecule has 2 fully saturated rings. The Morgan fingerprint density at radius 1 is 1.02 bits per heavy atom. The molecule has 2 N–H and O–H groups in total. The Kier molecular flexibility index (Phi) is 6.90. The number of pyridine rings is 1. The van der Waals surface area contributed by atoms with Crippen molar-refractivity contribution in [1.82, 2.24) is 29.4 Å². The van der Waals surface area contributed by atoms with Crippen molar-refractivity contribution in [2.24, 2.45) is 5.92 Å². The van der Waals surface area contributed by atoms with Crippen LogP contribution in [0.3, 0.4) is 0 Å². The van der Waals surface area contributed by atoms with Gasteiger partial charge >= 0.3 is 0 Å². The number of anilines is 3. The molecule has 2 aliphatic carbocycles. The average molecular weight is 643 g/mol. The Bertz CT molecular complexity index is 2130. The fourth-order valence-electron chi connectivity index (χ4n) is 6.60. The normalized spacial score (nSPS) is 15.8. The van der Waals surface area contributed by atoms with Gasteiger partial charge in [-0.25, -0.2) is 14.5 Å². The molecule has 3 aliphatic rings. The number of fused-ring (bicyclic) bond motifs is 3. The maximum Gasteiger partial charge on any atom is 0.271 e. The molecule has 48 heavy (non-hydrogen) atoms. The number of nitrogens with zero attached hydrogens (tertiary/aromatic N) is 6. The van der Waals surface area contributed by atoms with E-state index in [4.69, 9.17) is 4.74 Å². The van der Waals surface area contributed by atoms with Gasteiger partial charge in [0.2, 0.25) is 5.91 Å². The molecule has 12 nitrogen and oxygen atoms in total. The summed E-state index contributed by atoms with van der Waals surface area (Å²) in [5, 5.41) is 10.9. The lowest BCUT2D eigenvalue weighted by Crippen LogP contribution is -2.33. The van der Waals surface area contributed by atoms with Crippen LogP contribution in [0, 0.1) is 5.92 Å². The molecular formula is C36H34N8O4. The second kappa shape index (κ2) is 11.2. The van der Waals surface area contributed by atoms with Crippen molar-refractivity contribution in [3.05, 3.63) is 95.6 Å². The number of benzene rings is 2. The first-order valence-corrected chi connectivity index (χ1v) is 16.0. The van der Waals surface area contributed by atoms with Crippen LogP contribution < -0.4 is 15.4 Å². The van der Waals surface area contributed by atoms with Gasteiger partial charge in [0.1, 0.15) is 11.4 Å². The molecule has 1 aliphatic heterocycles. The van der Waals surface area contributed by atoms with Crippen molar-refractivity contribution in [3.63, 3.8) is 0 Å². The number of amides is 3. The molecule has 0 saturated heterocycles. The van der Waals surface area contributed by atoms with E-state index in [9.17, 15) is 14.4 Å². The third-order valence-corrected chi connectivity index (χ3v) is 9.35. The second-order valence-corrected chi connectivity index (χ2v) is 12.8. The summed E-state index contributed by atoms with van der Waals surface area (Å²) in [5.74, 6) is 0.865. The number of para-hydroxylation sites is 1. The lowest BCUT2D eigenvalue weighted by atomic mass is 9.95. The minimum absolute atomic E-state index is 0.0289. The first-order chi connectivity index (χ1) is 23.3. The number of carbonyl (C=O) groups is 3. The first-order valence-electron chi connectivity index (χ1n) is 16.0. The fourth-order valence-corrected chi connectivity index (χ4v) is 6.60. The highest BCUT2D eigenvalue weighted by Gasteiger charge is 2.57. The van der Waals surface area contributed by atoms with Crippen LogP contribution in [-0.2, 0) is 16.9 Å². The summed E-state index contributed by atoms with van der Waals surface area (Å²) in [6.45, 7) is 0.317. The Morgan fingerprint density at radius 3 is 2.58 bits per heavy atom. The molecule has 0 unspecified atom stereocenters. The van der Waals surface area contributed by atoms with E-state index in [0.29, 0.717) is 52.1 Å². The van der Waals surface area contributed by atoms with Crippen LogP contribution in [0.1, 0.15) is 57.8 Å². The van der Waals surface area contributed by atoms with Gasteiger partial charge < -0.3 is 25.2 Å². The van der Waals surface area contributed by atoms with Crippen molar-refractivity contribution >= 4 is 40.6 Å². The van der Waals surface area contributed by atoms with Gasteiger partial charge in [-0.05, 0) is 67.1 Å². The molecule has 0 atom stereocenters. The first kappa shape index (κ1) is 29.6. The minimum atomic E-state index is -0.403. The van der Waals surface area contributed by atoms with Crippen molar-refractivity contribution in [3.8, 4) is 16.9 Å². The summed E-state index contributed by atoms with van der Waals surface area (Å²) >= 11 is 0. The van der Waals surface area contributed by atoms with Gasteiger partial charge in [0.25, 0.3) is 11.8 Å². The molecule has 3 aromatic heterocycles. The summed E-state index contributed by atoms with van der Waals surface area (Å²) in [6, 6.07) is 19.0. The number of methoxy groups -OCH3 is 1. The smallest absolute Gasteiger partial charge is 0.271 e. The van der Waals surface area contributed by atoms with Gasteiger partial charge in [-0.15, -0.1) is 5.10 Å². The maximum atomic E-state index is 13.8. The van der Waals surface area contributed by atoms with Crippen LogP contribution in [0.5, 0.6) is 5.75 Å². The summed E-state index contributed by atoms with van der Waals surface area (Å²) in [7, 11) is 5.02. The fraction of sp³-hybridized carbons (Fsp3) is 0.278. The number of rotatable bonds is 9. The highest BCUT2D eigenvalue weighted by Crippen LogP contribution is 2.57. The van der Waals surface area contributed by atoms with Crippen LogP contribution >= 0.6 is 0 Å². The van der Waals surface area contributed by atoms with Gasteiger partial charge in [0, 0.05) is 49.6 Å². The third-order valence-electron chi connectivity index (χ3n) is 9.35. The van der Waals surface area contributed by atoms with E-state index in [1.165, 1.54) is 4.90 Å². The molecule has 242 valence electrons. The lowest BCUT2D eigenvalue weighted by Gasteiger charge is -2.25. The monoisotopic (exact) mass is 642 g/mol. The summed E-state index contributed by atoms with van der Waals surface area (Å²) < 4.78 is 7.63. The average Bonchev–Trinajstić information content (AvgIpc) is 4.02. The molecular weight excluding hydrogens is 608 g/mol. The van der Waals surface area contributed by atoms with Gasteiger partial charge in [0.05, 0.1) is 36.3 Å². The SMILES string of the molecule is COc1c(Nc2cc(NC(=O)C3CC3)nn3ccnc23)cccc1-c1ccc2c(c1)C1(CC1)N(Cc1cccc(C(=O)N(C)C)n1)C2=O. The molecule has 2 aromatic carbocycles. The zero-order chi connectivity index (χ0) is 33.2. The highest BCUT2D eigenvalue weighted by molar-refractivity contribution is 6.01. The number of carbonyl (C=O) groups excluding carboxylic acids is 3. The molecule has 5 aromatic rings. The van der Waals surface area contributed by atoms with Crippen LogP contribution in [0.2, 0.25) is 0 Å². The summed E-state index contributed by atoms with van der Waals surface area (Å²) in [6.07, 6.45) is 6.90. The van der Waals surface area contributed by atoms with Crippen molar-refractivity contribution < 1.29 is 19.1 Å². The van der Waals surface area contributed by atoms with E-state index >= 15 is 0 Å². The number of nitrogens with one attached hydrogen (secondary N) is 2. The van der Waals surface area contributed by atoms with Gasteiger partial charge in [-0.2, -0.15) is 0 Å². The second-order valence-electron chi connectivity index (χ2n) is 12.8. The molecule has 2 saturated carbocycles. The maximum absolute atomic E-state index is 13.8. The van der Waals surface area contributed by atoms with E-state index in [0.717, 1.165) is 42.4 Å². The minimum Gasteiger partial charge on any atom is -0.494 e. The third kappa shape index (κ3) is 5.00. The standard InChI is InChI=1S/C36H34N8O4/c1-42(2)35(47)28-9-4-6-23(38-28)20-43-34(46)25-13-12-22(18-26(25)36(43)14-15-36)24-7-5-8-27(31(24)48-3)39-29-19-30(40-33(45)21-10-11-21)41-44-17-16-37-32(29)44/h4-9,12-13,16-19,21,39H,10-11,14-15,20H2,1-3H3,(H,40,41,45). The molecule has 1 spiro atoms. The largest absolute Gasteiger partial charge is 0.494 e. The lowest BCUT2D eigenvalue weighted by molar-refractivity contribution is -0.117. The molecule has 8 rings (SSSR count). The summed E-state index contributed by atoms with van der Waals surface area (Å²) in [4.78, 5) is 51.3. The summed E-state index contributed by atoms with van der Waals surface area (Å²) in [5.41, 5.74) is 6.06. The van der Waals surface area contributed by atoms with E-state index in [2.05, 4.69) is 31.8 Å². The predicted octanol–water partition coefficient (Wildman–Crippen LogP) is 5.24. The molecule has 12 heteroatoms. The number of hydrogen-bond acceptors (Lipinski definition) is 8. The Labute approximate surface area is 276 Å². The molecule has 3 amide bonds. The Hall–Kier alpha value is -5.78. The number of imidazole rings is 1. The topological polar surface area (TPSA) is 134 Å². The number of aromatic nitrogens is 4. The molecule has 0 radical (unpaired) electrons. The van der Waals surface area contributed by atoms with Crippen molar-refractivity contribution in [2.45, 2.75) is 37.8 Å². The Balaban J connectivity index is 1.10. The quantitative estimate of drug-likeness (QED) is 0.223.